The zero-order valence-electron chi connectivity index (χ0n) is 19.0. The largest absolute Gasteiger partial charge is 0.477 e. The van der Waals surface area contributed by atoms with Crippen molar-refractivity contribution in [3.05, 3.63) is 41.5 Å². The topological polar surface area (TPSA) is 35.0 Å². The van der Waals surface area contributed by atoms with E-state index in [9.17, 15) is 8.78 Å². The molecule has 5 heteroatoms. The molecule has 1 saturated carbocycles. The van der Waals surface area contributed by atoms with Crippen LogP contribution in [0.4, 0.5) is 8.78 Å². The highest BCUT2D eigenvalue weighted by molar-refractivity contribution is 5.60. The van der Waals surface area contributed by atoms with E-state index in [1.54, 1.807) is 24.3 Å². The highest BCUT2D eigenvalue weighted by Crippen LogP contribution is 2.35. The Balaban J connectivity index is 1.54. The molecule has 0 bridgehead atoms. The first-order valence-electron chi connectivity index (χ1n) is 12.1. The molecule has 1 heterocycles. The van der Waals surface area contributed by atoms with Crippen molar-refractivity contribution in [2.45, 2.75) is 84.5 Å². The predicted octanol–water partition coefficient (Wildman–Crippen LogP) is 7.53. The number of unbranched alkanes of at least 4 members (excludes halogenated alkanes) is 2. The molecule has 0 saturated heterocycles. The molecule has 3 rings (SSSR count). The number of hydrogen-bond acceptors (Lipinski definition) is 3. The fourth-order valence-electron chi connectivity index (χ4n) is 4.58. The van der Waals surface area contributed by atoms with E-state index in [1.165, 1.54) is 51.4 Å². The molecule has 0 atom stereocenters. The van der Waals surface area contributed by atoms with Crippen LogP contribution < -0.4 is 4.74 Å². The molecule has 0 amide bonds. The third-order valence-corrected chi connectivity index (χ3v) is 6.54. The van der Waals surface area contributed by atoms with Crippen molar-refractivity contribution in [3.63, 3.8) is 0 Å². The van der Waals surface area contributed by atoms with Gasteiger partial charge in [0.1, 0.15) is 0 Å². The lowest BCUT2D eigenvalue weighted by Crippen LogP contribution is -2.15. The molecule has 0 spiro atoms. The molecule has 1 aliphatic carbocycles. The molecular weight excluding hydrogens is 394 g/mol. The van der Waals surface area contributed by atoms with E-state index in [4.69, 9.17) is 4.74 Å². The van der Waals surface area contributed by atoms with Gasteiger partial charge in [-0.15, -0.1) is 10.2 Å². The minimum Gasteiger partial charge on any atom is -0.477 e. The van der Waals surface area contributed by atoms with Crippen LogP contribution in [-0.4, -0.2) is 16.8 Å². The van der Waals surface area contributed by atoms with Gasteiger partial charge in [-0.1, -0.05) is 71.3 Å². The molecule has 0 N–H and O–H groups in total. The fraction of sp³-hybridized carbons (Fsp3) is 0.615. The van der Waals surface area contributed by atoms with Crippen molar-refractivity contribution >= 4 is 0 Å². The van der Waals surface area contributed by atoms with Crippen molar-refractivity contribution in [3.8, 4) is 17.1 Å². The summed E-state index contributed by atoms with van der Waals surface area (Å²) >= 11 is 0. The molecule has 170 valence electrons. The summed E-state index contributed by atoms with van der Waals surface area (Å²) in [7, 11) is 0. The second-order valence-corrected chi connectivity index (χ2v) is 8.93. The molecular formula is C26H36F2N2O. The smallest absolute Gasteiger partial charge is 0.233 e. The van der Waals surface area contributed by atoms with Gasteiger partial charge < -0.3 is 4.74 Å². The molecule has 1 aliphatic rings. The molecule has 0 radical (unpaired) electrons. The zero-order valence-corrected chi connectivity index (χ0v) is 19.0. The summed E-state index contributed by atoms with van der Waals surface area (Å²) in [6.07, 6.45) is 12.7. The van der Waals surface area contributed by atoms with Crippen LogP contribution in [0, 0.1) is 23.5 Å². The summed E-state index contributed by atoms with van der Waals surface area (Å²) in [5.41, 5.74) is 0.916. The van der Waals surface area contributed by atoms with Gasteiger partial charge in [0.25, 0.3) is 0 Å². The molecule has 1 aromatic heterocycles. The van der Waals surface area contributed by atoms with Gasteiger partial charge in [-0.2, -0.15) is 0 Å². The molecule has 1 fully saturated rings. The standard InChI is InChI=1S/C26H36F2N2O/c1-3-5-6-7-19-8-10-20(11-9-19)12-13-21-14-15-22(26(28)25(21)27)23-16-17-24(30-29-23)31-18-4-2/h14-17,19-20H,3-13,18H2,1-2H3. The lowest BCUT2D eigenvalue weighted by atomic mass is 9.77. The first-order chi connectivity index (χ1) is 15.1. The lowest BCUT2D eigenvalue weighted by molar-refractivity contribution is 0.248. The number of benzene rings is 1. The first kappa shape index (κ1) is 23.6. The average Bonchev–Trinajstić information content (AvgIpc) is 2.80. The maximum atomic E-state index is 14.7. The molecule has 0 unspecified atom stereocenters. The normalized spacial score (nSPS) is 18.8. The minimum absolute atomic E-state index is 0.142. The predicted molar refractivity (Wildman–Crippen MR) is 121 cm³/mol. The fourth-order valence-corrected chi connectivity index (χ4v) is 4.58. The summed E-state index contributed by atoms with van der Waals surface area (Å²) < 4.78 is 34.9. The molecule has 0 aliphatic heterocycles. The number of nitrogens with zero attached hydrogens (tertiary/aromatic N) is 2. The average molecular weight is 431 g/mol. The van der Waals surface area contributed by atoms with E-state index in [-0.39, 0.29) is 5.56 Å². The second kappa shape index (κ2) is 12.1. The minimum atomic E-state index is -0.839. The van der Waals surface area contributed by atoms with E-state index >= 15 is 0 Å². The van der Waals surface area contributed by atoms with E-state index in [0.29, 0.717) is 36.1 Å². The van der Waals surface area contributed by atoms with E-state index in [2.05, 4.69) is 17.1 Å². The summed E-state index contributed by atoms with van der Waals surface area (Å²) in [5, 5.41) is 7.96. The summed E-state index contributed by atoms with van der Waals surface area (Å²) in [5.74, 6) is 0.304. The Bertz CT molecular complexity index is 802. The van der Waals surface area contributed by atoms with Crippen LogP contribution in [-0.2, 0) is 6.42 Å². The summed E-state index contributed by atoms with van der Waals surface area (Å²) in [4.78, 5) is 0. The number of hydrogen-bond donors (Lipinski definition) is 0. The first-order valence-corrected chi connectivity index (χ1v) is 12.1. The van der Waals surface area contributed by atoms with E-state index in [0.717, 1.165) is 18.8 Å². The Hall–Kier alpha value is -2.04. The van der Waals surface area contributed by atoms with Crippen molar-refractivity contribution in [2.24, 2.45) is 11.8 Å². The van der Waals surface area contributed by atoms with Crippen molar-refractivity contribution in [1.82, 2.24) is 10.2 Å². The van der Waals surface area contributed by atoms with Gasteiger partial charge in [0.2, 0.25) is 5.88 Å². The summed E-state index contributed by atoms with van der Waals surface area (Å²) in [6, 6.07) is 6.58. The highest BCUT2D eigenvalue weighted by atomic mass is 19.2. The maximum absolute atomic E-state index is 14.7. The van der Waals surface area contributed by atoms with Crippen LogP contribution in [0.1, 0.15) is 83.6 Å². The molecule has 3 nitrogen and oxygen atoms in total. The van der Waals surface area contributed by atoms with Gasteiger partial charge >= 0.3 is 0 Å². The second-order valence-electron chi connectivity index (χ2n) is 8.93. The van der Waals surface area contributed by atoms with Gasteiger partial charge in [0.15, 0.2) is 11.6 Å². The number of rotatable bonds is 11. The lowest BCUT2D eigenvalue weighted by Gasteiger charge is -2.28. The molecule has 1 aromatic carbocycles. The molecule has 2 aromatic rings. The van der Waals surface area contributed by atoms with Crippen LogP contribution in [0.2, 0.25) is 0 Å². The molecule has 31 heavy (non-hydrogen) atoms. The van der Waals surface area contributed by atoms with Crippen LogP contribution in [0.15, 0.2) is 24.3 Å². The highest BCUT2D eigenvalue weighted by Gasteiger charge is 2.22. The van der Waals surface area contributed by atoms with Crippen molar-refractivity contribution < 1.29 is 13.5 Å². The maximum Gasteiger partial charge on any atom is 0.233 e. The Morgan fingerprint density at radius 2 is 1.58 bits per heavy atom. The Labute approximate surface area is 185 Å². The number of ether oxygens (including phenoxy) is 1. The van der Waals surface area contributed by atoms with Gasteiger partial charge in [-0.25, -0.2) is 8.78 Å². The van der Waals surface area contributed by atoms with Crippen molar-refractivity contribution in [2.75, 3.05) is 6.61 Å². The van der Waals surface area contributed by atoms with Gasteiger partial charge in [0, 0.05) is 11.6 Å². The van der Waals surface area contributed by atoms with Gasteiger partial charge in [0.05, 0.1) is 12.3 Å². The Morgan fingerprint density at radius 3 is 2.23 bits per heavy atom. The SMILES string of the molecule is CCCCCC1CCC(CCc2ccc(-c3ccc(OCCC)nn3)c(F)c2F)CC1. The van der Waals surface area contributed by atoms with Gasteiger partial charge in [-0.3, -0.25) is 0 Å². The van der Waals surface area contributed by atoms with Crippen LogP contribution in [0.3, 0.4) is 0 Å². The third kappa shape index (κ3) is 6.72. The Kier molecular flexibility index (Phi) is 9.23. The third-order valence-electron chi connectivity index (χ3n) is 6.54. The van der Waals surface area contributed by atoms with Crippen LogP contribution >= 0.6 is 0 Å². The monoisotopic (exact) mass is 430 g/mol. The van der Waals surface area contributed by atoms with Crippen molar-refractivity contribution in [1.29, 1.82) is 0 Å². The zero-order chi connectivity index (χ0) is 22.1. The van der Waals surface area contributed by atoms with Gasteiger partial charge in [-0.05, 0) is 48.8 Å². The summed E-state index contributed by atoms with van der Waals surface area (Å²) in [6.45, 7) is 4.80. The van der Waals surface area contributed by atoms with E-state index < -0.39 is 11.6 Å². The Morgan fingerprint density at radius 1 is 0.839 bits per heavy atom. The number of halogens is 2. The number of aromatic nitrogens is 2. The van der Waals surface area contributed by atoms with E-state index in [1.807, 2.05) is 6.92 Å². The van der Waals surface area contributed by atoms with Crippen LogP contribution in [0.25, 0.3) is 11.3 Å². The number of aryl methyl sites for hydroxylation is 1. The van der Waals surface area contributed by atoms with Crippen LogP contribution in [0.5, 0.6) is 5.88 Å². The quantitative estimate of drug-likeness (QED) is 0.346.